The van der Waals surface area contributed by atoms with Crippen LogP contribution in [0.15, 0.2) is 0 Å². The fourth-order valence-electron chi connectivity index (χ4n) is 1.12. The summed E-state index contributed by atoms with van der Waals surface area (Å²) in [6.07, 6.45) is 1.25. The van der Waals surface area contributed by atoms with Gasteiger partial charge in [0, 0.05) is 12.8 Å². The Morgan fingerprint density at radius 1 is 1.00 bits per heavy atom. The van der Waals surface area contributed by atoms with Gasteiger partial charge in [0.05, 0.1) is 13.2 Å². The van der Waals surface area contributed by atoms with Crippen LogP contribution in [0.25, 0.3) is 0 Å². The molecule has 2 atom stereocenters. The Bertz CT molecular complexity index is 217. The third-order valence-electron chi connectivity index (χ3n) is 2.05. The number of hydrogen-bond donors (Lipinski definition) is 0. The van der Waals surface area contributed by atoms with Crippen molar-refractivity contribution in [3.8, 4) is 0 Å². The molecule has 0 aromatic heterocycles. The second-order valence-corrected chi connectivity index (χ2v) is 5.00. The summed E-state index contributed by atoms with van der Waals surface area (Å²) in [6, 6.07) is 0. The normalized spacial score (nSPS) is 37.5. The number of ether oxygens (including phenoxy) is 2. The van der Waals surface area contributed by atoms with Crippen molar-refractivity contribution in [1.29, 1.82) is 0 Å². The molecule has 2 unspecified atom stereocenters. The minimum absolute atomic E-state index is 0.566. The van der Waals surface area contributed by atoms with Crippen molar-refractivity contribution in [2.75, 3.05) is 13.2 Å². The van der Waals surface area contributed by atoms with Gasteiger partial charge in [0.2, 0.25) is 9.84 Å². The van der Waals surface area contributed by atoms with Gasteiger partial charge in [-0.1, -0.05) is 0 Å². The summed E-state index contributed by atoms with van der Waals surface area (Å²) < 4.78 is 32.5. The fraction of sp³-hybridized carbons (Fsp3) is 1.00. The predicted molar refractivity (Wildman–Crippen MR) is 37.6 cm³/mol. The molecule has 11 heavy (non-hydrogen) atoms. The van der Waals surface area contributed by atoms with E-state index in [2.05, 4.69) is 0 Å². The van der Waals surface area contributed by atoms with Gasteiger partial charge in [0.1, 0.15) is 0 Å². The molecule has 0 amide bonds. The summed E-state index contributed by atoms with van der Waals surface area (Å²) >= 11 is 0. The molecule has 0 spiro atoms. The highest BCUT2D eigenvalue weighted by Crippen LogP contribution is 2.27. The van der Waals surface area contributed by atoms with Gasteiger partial charge >= 0.3 is 0 Å². The summed E-state index contributed by atoms with van der Waals surface area (Å²) in [4.78, 5) is 0. The largest absolute Gasteiger partial charge is 0.362 e. The molecule has 0 aromatic carbocycles. The van der Waals surface area contributed by atoms with E-state index in [1.807, 2.05) is 0 Å². The smallest absolute Gasteiger partial charge is 0.204 e. The van der Waals surface area contributed by atoms with E-state index in [1.165, 1.54) is 0 Å². The van der Waals surface area contributed by atoms with Crippen molar-refractivity contribution in [2.45, 2.75) is 23.7 Å². The molecule has 4 nitrogen and oxygen atoms in total. The summed E-state index contributed by atoms with van der Waals surface area (Å²) in [6.45, 7) is 1.13. The highest BCUT2D eigenvalue weighted by Gasteiger charge is 2.42. The van der Waals surface area contributed by atoms with Crippen molar-refractivity contribution >= 4 is 9.84 Å². The van der Waals surface area contributed by atoms with Crippen LogP contribution in [0.5, 0.6) is 0 Å². The zero-order valence-electron chi connectivity index (χ0n) is 6.02. The van der Waals surface area contributed by atoms with Gasteiger partial charge in [-0.2, -0.15) is 0 Å². The molecule has 64 valence electrons. The van der Waals surface area contributed by atoms with E-state index in [0.717, 1.165) is 0 Å². The molecule has 2 saturated heterocycles. The Morgan fingerprint density at radius 2 is 1.36 bits per heavy atom. The number of hydrogen-bond acceptors (Lipinski definition) is 4. The summed E-state index contributed by atoms with van der Waals surface area (Å²) in [5.74, 6) is 0. The molecule has 5 heteroatoms. The molecule has 0 aromatic rings. The topological polar surface area (TPSA) is 52.6 Å². The van der Waals surface area contributed by atoms with Crippen LogP contribution in [-0.4, -0.2) is 32.5 Å². The first-order chi connectivity index (χ1) is 5.21. The van der Waals surface area contributed by atoms with Gasteiger partial charge in [-0.3, -0.25) is 0 Å². The lowest BCUT2D eigenvalue weighted by atomic mass is 10.4. The molecule has 2 heterocycles. The second-order valence-electron chi connectivity index (χ2n) is 2.77. The maximum Gasteiger partial charge on any atom is 0.204 e. The van der Waals surface area contributed by atoms with Crippen LogP contribution in [0.1, 0.15) is 12.8 Å². The van der Waals surface area contributed by atoms with E-state index in [9.17, 15) is 8.42 Å². The van der Waals surface area contributed by atoms with Crippen molar-refractivity contribution in [3.63, 3.8) is 0 Å². The molecule has 0 aliphatic carbocycles. The number of rotatable bonds is 2. The van der Waals surface area contributed by atoms with Crippen LogP contribution < -0.4 is 0 Å². The van der Waals surface area contributed by atoms with Gasteiger partial charge in [0.15, 0.2) is 10.9 Å². The third-order valence-corrected chi connectivity index (χ3v) is 4.26. The predicted octanol–water partition coefficient (Wildman–Crippen LogP) is -0.106. The molecule has 2 aliphatic rings. The molecular weight excluding hydrogens is 168 g/mol. The zero-order chi connectivity index (χ0) is 7.90. The van der Waals surface area contributed by atoms with E-state index in [1.54, 1.807) is 0 Å². The molecule has 2 rings (SSSR count). The van der Waals surface area contributed by atoms with Gasteiger partial charge in [0.25, 0.3) is 0 Å². The Morgan fingerprint density at radius 3 is 1.55 bits per heavy atom. The lowest BCUT2D eigenvalue weighted by Gasteiger charge is -2.33. The number of sulfone groups is 1. The Kier molecular flexibility index (Phi) is 1.66. The lowest BCUT2D eigenvalue weighted by molar-refractivity contribution is -0.0242. The summed E-state index contributed by atoms with van der Waals surface area (Å²) in [7, 11) is -3.11. The lowest BCUT2D eigenvalue weighted by Crippen LogP contribution is -2.46. The van der Waals surface area contributed by atoms with Crippen molar-refractivity contribution < 1.29 is 17.9 Å². The van der Waals surface area contributed by atoms with Gasteiger partial charge in [-0.15, -0.1) is 0 Å². The highest BCUT2D eigenvalue weighted by molar-refractivity contribution is 7.92. The van der Waals surface area contributed by atoms with Crippen molar-refractivity contribution in [2.24, 2.45) is 0 Å². The molecule has 2 fully saturated rings. The Hall–Kier alpha value is -0.130. The fourth-order valence-corrected chi connectivity index (χ4v) is 2.88. The van der Waals surface area contributed by atoms with Crippen LogP contribution in [0, 0.1) is 0 Å². The summed E-state index contributed by atoms with van der Waals surface area (Å²) in [5.41, 5.74) is -1.15. The minimum atomic E-state index is -3.11. The van der Waals surface area contributed by atoms with E-state index in [-0.39, 0.29) is 0 Å². The van der Waals surface area contributed by atoms with Gasteiger partial charge in [-0.05, 0) is 0 Å². The molecular formula is C6H10O4S. The molecule has 2 aliphatic heterocycles. The Labute approximate surface area is 65.4 Å². The van der Waals surface area contributed by atoms with Crippen molar-refractivity contribution in [1.82, 2.24) is 0 Å². The first kappa shape index (κ1) is 7.52. The first-order valence-electron chi connectivity index (χ1n) is 3.67. The van der Waals surface area contributed by atoms with Gasteiger partial charge < -0.3 is 9.47 Å². The molecule has 0 N–H and O–H groups in total. The maximum atomic E-state index is 11.3. The van der Waals surface area contributed by atoms with Crippen LogP contribution in [0.3, 0.4) is 0 Å². The highest BCUT2D eigenvalue weighted by atomic mass is 32.2. The molecule has 0 radical (unpaired) electrons. The van der Waals surface area contributed by atoms with E-state index < -0.39 is 20.7 Å². The summed E-state index contributed by atoms with van der Waals surface area (Å²) in [5, 5.41) is 0. The van der Waals surface area contributed by atoms with Crippen molar-refractivity contribution in [3.05, 3.63) is 0 Å². The van der Waals surface area contributed by atoms with Gasteiger partial charge in [-0.25, -0.2) is 8.42 Å². The van der Waals surface area contributed by atoms with E-state index >= 15 is 0 Å². The maximum absolute atomic E-state index is 11.3. The second kappa shape index (κ2) is 2.43. The van der Waals surface area contributed by atoms with Crippen LogP contribution >= 0.6 is 0 Å². The molecule has 0 saturated carbocycles. The Balaban J connectivity index is 2.07. The minimum Gasteiger partial charge on any atom is -0.362 e. The average molecular weight is 178 g/mol. The van der Waals surface area contributed by atoms with E-state index in [4.69, 9.17) is 9.47 Å². The van der Waals surface area contributed by atoms with Crippen LogP contribution in [0.4, 0.5) is 0 Å². The zero-order valence-corrected chi connectivity index (χ0v) is 6.84. The van der Waals surface area contributed by atoms with Crippen LogP contribution in [0.2, 0.25) is 0 Å². The quantitative estimate of drug-likeness (QED) is 0.592. The van der Waals surface area contributed by atoms with E-state index in [0.29, 0.717) is 26.1 Å². The monoisotopic (exact) mass is 178 g/mol. The molecule has 0 bridgehead atoms. The van der Waals surface area contributed by atoms with Crippen LogP contribution in [-0.2, 0) is 19.3 Å². The SMILES string of the molecule is O=S(=O)(C1CCO1)C1CCO1. The standard InChI is InChI=1S/C6H10O4S/c7-11(8,5-1-3-9-5)6-2-4-10-6/h5-6H,1-4H2. The average Bonchev–Trinajstić information content (AvgIpc) is 1.46. The third kappa shape index (κ3) is 1.07. The first-order valence-corrected chi connectivity index (χ1v) is 5.28.